The second kappa shape index (κ2) is 6.85. The van der Waals surface area contributed by atoms with E-state index in [9.17, 15) is 9.90 Å². The molecule has 3 aromatic rings. The highest BCUT2D eigenvalue weighted by Gasteiger charge is 2.19. The molecule has 3 rings (SSSR count). The van der Waals surface area contributed by atoms with Crippen molar-refractivity contribution in [2.75, 3.05) is 13.7 Å². The molecule has 3 aromatic carbocycles. The molecule has 0 unspecified atom stereocenters. The smallest absolute Gasteiger partial charge is 0.341 e. The number of rotatable bonds is 4. The number of carbonyl (C=O) groups excluding carboxylic acids is 1. The first-order valence-corrected chi connectivity index (χ1v) is 8.13. The third-order valence-corrected chi connectivity index (χ3v) is 4.17. The third-order valence-electron chi connectivity index (χ3n) is 4.17. The molecule has 4 nitrogen and oxygen atoms in total. The van der Waals surface area contributed by atoms with E-state index in [2.05, 4.69) is 0 Å². The molecule has 128 valence electrons. The van der Waals surface area contributed by atoms with Crippen molar-refractivity contribution in [1.29, 1.82) is 0 Å². The summed E-state index contributed by atoms with van der Waals surface area (Å²) in [6.45, 7) is 4.01. The summed E-state index contributed by atoms with van der Waals surface area (Å²) in [6.07, 6.45) is 0. The molecule has 0 saturated heterocycles. The van der Waals surface area contributed by atoms with Gasteiger partial charge in [0.25, 0.3) is 0 Å². The fourth-order valence-corrected chi connectivity index (χ4v) is 2.85. The topological polar surface area (TPSA) is 55.8 Å². The molecule has 0 aliphatic rings. The highest BCUT2D eigenvalue weighted by molar-refractivity contribution is 6.08. The van der Waals surface area contributed by atoms with Crippen LogP contribution in [0, 0.1) is 6.92 Å². The second-order valence-electron chi connectivity index (χ2n) is 5.82. The number of phenols is 1. The van der Waals surface area contributed by atoms with Gasteiger partial charge in [-0.15, -0.1) is 0 Å². The molecule has 0 aliphatic carbocycles. The van der Waals surface area contributed by atoms with Crippen molar-refractivity contribution in [3.05, 3.63) is 59.7 Å². The lowest BCUT2D eigenvalue weighted by Gasteiger charge is -2.14. The van der Waals surface area contributed by atoms with Crippen LogP contribution in [0.2, 0.25) is 0 Å². The summed E-state index contributed by atoms with van der Waals surface area (Å²) in [5, 5.41) is 12.0. The molecule has 0 radical (unpaired) electrons. The number of methoxy groups -OCH3 is 1. The monoisotopic (exact) mass is 336 g/mol. The maximum absolute atomic E-state index is 12.3. The molecule has 0 fully saturated rings. The Morgan fingerprint density at radius 1 is 1.04 bits per heavy atom. The van der Waals surface area contributed by atoms with E-state index < -0.39 is 5.97 Å². The fraction of sp³-hybridized carbons (Fsp3) is 0.190. The van der Waals surface area contributed by atoms with Gasteiger partial charge in [-0.1, -0.05) is 29.8 Å². The van der Waals surface area contributed by atoms with Crippen LogP contribution in [0.25, 0.3) is 21.9 Å². The van der Waals surface area contributed by atoms with Crippen molar-refractivity contribution in [3.63, 3.8) is 0 Å². The lowest BCUT2D eigenvalue weighted by molar-refractivity contribution is 0.0523. The van der Waals surface area contributed by atoms with Crippen LogP contribution < -0.4 is 4.74 Å². The molecule has 4 heteroatoms. The SMILES string of the molecule is CCOC(=O)c1cc(-c2ccc(C)cc2)c2cc(OC)ccc2c1O. The van der Waals surface area contributed by atoms with Crippen LogP contribution in [-0.2, 0) is 4.74 Å². The van der Waals surface area contributed by atoms with E-state index in [0.29, 0.717) is 11.1 Å². The summed E-state index contributed by atoms with van der Waals surface area (Å²) in [7, 11) is 1.60. The summed E-state index contributed by atoms with van der Waals surface area (Å²) in [6, 6.07) is 15.1. The standard InChI is InChI=1S/C21H20O4/c1-4-25-21(23)19-12-17(14-7-5-13(2)6-8-14)18-11-15(24-3)9-10-16(18)20(19)22/h5-12,22H,4H2,1-3H3. The number of benzene rings is 3. The zero-order valence-electron chi connectivity index (χ0n) is 14.5. The van der Waals surface area contributed by atoms with Gasteiger partial charge in [-0.2, -0.15) is 0 Å². The van der Waals surface area contributed by atoms with Crippen molar-refractivity contribution in [3.8, 4) is 22.6 Å². The van der Waals surface area contributed by atoms with Crippen molar-refractivity contribution >= 4 is 16.7 Å². The number of fused-ring (bicyclic) bond motifs is 1. The number of aromatic hydroxyl groups is 1. The lowest BCUT2D eigenvalue weighted by Crippen LogP contribution is -2.05. The maximum atomic E-state index is 12.3. The predicted molar refractivity (Wildman–Crippen MR) is 98.3 cm³/mol. The minimum Gasteiger partial charge on any atom is -0.506 e. The largest absolute Gasteiger partial charge is 0.506 e. The Balaban J connectivity index is 2.32. The Kier molecular flexibility index (Phi) is 4.61. The molecule has 0 amide bonds. The van der Waals surface area contributed by atoms with Gasteiger partial charge in [0.2, 0.25) is 0 Å². The highest BCUT2D eigenvalue weighted by Crippen LogP contribution is 2.39. The molecule has 25 heavy (non-hydrogen) atoms. The minimum absolute atomic E-state index is 0.0769. The summed E-state index contributed by atoms with van der Waals surface area (Å²) < 4.78 is 10.4. The Morgan fingerprint density at radius 2 is 1.76 bits per heavy atom. The van der Waals surface area contributed by atoms with E-state index in [4.69, 9.17) is 9.47 Å². The van der Waals surface area contributed by atoms with Crippen molar-refractivity contribution in [1.82, 2.24) is 0 Å². The highest BCUT2D eigenvalue weighted by atomic mass is 16.5. The molecule has 0 atom stereocenters. The third kappa shape index (κ3) is 3.15. The first-order valence-electron chi connectivity index (χ1n) is 8.13. The Morgan fingerprint density at radius 3 is 2.40 bits per heavy atom. The van der Waals surface area contributed by atoms with Crippen LogP contribution in [-0.4, -0.2) is 24.8 Å². The minimum atomic E-state index is -0.536. The normalized spacial score (nSPS) is 10.7. The maximum Gasteiger partial charge on any atom is 0.341 e. The summed E-state index contributed by atoms with van der Waals surface area (Å²) >= 11 is 0. The summed E-state index contributed by atoms with van der Waals surface area (Å²) in [5.41, 5.74) is 3.11. The Hall–Kier alpha value is -3.01. The van der Waals surface area contributed by atoms with Crippen molar-refractivity contribution in [2.45, 2.75) is 13.8 Å². The van der Waals surface area contributed by atoms with Gasteiger partial charge in [0.05, 0.1) is 13.7 Å². The van der Waals surface area contributed by atoms with Crippen LogP contribution in [0.4, 0.5) is 0 Å². The van der Waals surface area contributed by atoms with E-state index in [-0.39, 0.29) is 17.9 Å². The number of ether oxygens (including phenoxy) is 2. The molecule has 0 spiro atoms. The first-order chi connectivity index (χ1) is 12.0. The predicted octanol–water partition coefficient (Wildman–Crippen LogP) is 4.71. The second-order valence-corrected chi connectivity index (χ2v) is 5.82. The van der Waals surface area contributed by atoms with Gasteiger partial charge in [-0.3, -0.25) is 0 Å². The summed E-state index contributed by atoms with van der Waals surface area (Å²) in [4.78, 5) is 12.3. The van der Waals surface area contributed by atoms with E-state index >= 15 is 0 Å². The lowest BCUT2D eigenvalue weighted by atomic mass is 9.94. The number of esters is 1. The van der Waals surface area contributed by atoms with Gasteiger partial charge in [-0.05, 0) is 54.6 Å². The summed E-state index contributed by atoms with van der Waals surface area (Å²) in [5.74, 6) is 0.0715. The average molecular weight is 336 g/mol. The molecule has 1 N–H and O–H groups in total. The van der Waals surface area contributed by atoms with E-state index in [1.165, 1.54) is 0 Å². The van der Waals surface area contributed by atoms with Gasteiger partial charge in [0.1, 0.15) is 17.1 Å². The zero-order valence-corrected chi connectivity index (χ0v) is 14.5. The van der Waals surface area contributed by atoms with Crippen LogP contribution in [0.5, 0.6) is 11.5 Å². The molecule has 0 heterocycles. The zero-order chi connectivity index (χ0) is 18.0. The van der Waals surface area contributed by atoms with Crippen LogP contribution in [0.3, 0.4) is 0 Å². The molecule has 0 saturated carbocycles. The number of hydrogen-bond donors (Lipinski definition) is 1. The van der Waals surface area contributed by atoms with E-state index in [1.807, 2.05) is 37.3 Å². The average Bonchev–Trinajstić information content (AvgIpc) is 2.63. The first kappa shape index (κ1) is 16.8. The Labute approximate surface area is 146 Å². The number of phenolic OH excluding ortho intramolecular Hbond substituents is 1. The number of aryl methyl sites for hydroxylation is 1. The van der Waals surface area contributed by atoms with Crippen LogP contribution in [0.1, 0.15) is 22.8 Å². The van der Waals surface area contributed by atoms with Gasteiger partial charge in [-0.25, -0.2) is 4.79 Å². The van der Waals surface area contributed by atoms with Crippen LogP contribution in [0.15, 0.2) is 48.5 Å². The molecular formula is C21H20O4. The van der Waals surface area contributed by atoms with E-state index in [1.54, 1.807) is 32.2 Å². The van der Waals surface area contributed by atoms with Crippen molar-refractivity contribution < 1.29 is 19.4 Å². The fourth-order valence-electron chi connectivity index (χ4n) is 2.85. The van der Waals surface area contributed by atoms with Gasteiger partial charge < -0.3 is 14.6 Å². The molecule has 0 aliphatic heterocycles. The van der Waals surface area contributed by atoms with Gasteiger partial charge >= 0.3 is 5.97 Å². The van der Waals surface area contributed by atoms with Crippen LogP contribution >= 0.6 is 0 Å². The molecule has 0 aromatic heterocycles. The van der Waals surface area contributed by atoms with Gasteiger partial charge in [0.15, 0.2) is 0 Å². The number of hydrogen-bond acceptors (Lipinski definition) is 4. The molecular weight excluding hydrogens is 316 g/mol. The Bertz CT molecular complexity index is 927. The number of carbonyl (C=O) groups is 1. The quantitative estimate of drug-likeness (QED) is 0.701. The molecule has 0 bridgehead atoms. The van der Waals surface area contributed by atoms with Gasteiger partial charge in [0, 0.05) is 5.39 Å². The van der Waals surface area contributed by atoms with Crippen molar-refractivity contribution in [2.24, 2.45) is 0 Å². The van der Waals surface area contributed by atoms with E-state index in [0.717, 1.165) is 22.1 Å².